The normalized spacial score (nSPS) is 10.2. The van der Waals surface area contributed by atoms with Gasteiger partial charge in [-0.1, -0.05) is 11.6 Å². The first-order valence-corrected chi connectivity index (χ1v) is 6.67. The maximum atomic E-state index is 11.8. The molecule has 5 nitrogen and oxygen atoms in total. The lowest BCUT2D eigenvalue weighted by atomic mass is 10.1. The Hall–Kier alpha value is -1.75. The van der Waals surface area contributed by atoms with E-state index in [4.69, 9.17) is 21.4 Å². The molecule has 0 unspecified atom stereocenters. The SMILES string of the molecule is COc1cc(Cl)c(C)cc1NC(=O)CCCCC(=O)O. The first kappa shape index (κ1) is 16.3. The Morgan fingerprint density at radius 2 is 1.95 bits per heavy atom. The van der Waals surface area contributed by atoms with Crippen LogP contribution in [-0.2, 0) is 9.59 Å². The summed E-state index contributed by atoms with van der Waals surface area (Å²) in [5.74, 6) is -0.518. The van der Waals surface area contributed by atoms with Crippen molar-refractivity contribution in [3.8, 4) is 5.75 Å². The minimum absolute atomic E-state index is 0.0800. The molecule has 1 rings (SSSR count). The van der Waals surface area contributed by atoms with E-state index in [-0.39, 0.29) is 18.7 Å². The van der Waals surface area contributed by atoms with Gasteiger partial charge in [-0.05, 0) is 31.4 Å². The third kappa shape index (κ3) is 5.09. The third-order valence-corrected chi connectivity index (χ3v) is 3.21. The van der Waals surface area contributed by atoms with E-state index in [1.807, 2.05) is 6.92 Å². The van der Waals surface area contributed by atoms with Crippen molar-refractivity contribution in [3.05, 3.63) is 22.7 Å². The number of hydrogen-bond acceptors (Lipinski definition) is 3. The van der Waals surface area contributed by atoms with Crippen LogP contribution in [0.3, 0.4) is 0 Å². The molecule has 2 N–H and O–H groups in total. The first-order valence-electron chi connectivity index (χ1n) is 6.30. The fraction of sp³-hybridized carbons (Fsp3) is 0.429. The van der Waals surface area contributed by atoms with E-state index in [0.29, 0.717) is 29.3 Å². The number of amides is 1. The standard InChI is InChI=1S/C14H18ClNO4/c1-9-7-11(12(20-2)8-10(9)15)16-13(17)5-3-4-6-14(18)19/h7-8H,3-6H2,1-2H3,(H,16,17)(H,18,19). The number of carbonyl (C=O) groups excluding carboxylic acids is 1. The number of ether oxygens (including phenoxy) is 1. The molecule has 1 amide bonds. The van der Waals surface area contributed by atoms with Gasteiger partial charge >= 0.3 is 5.97 Å². The maximum Gasteiger partial charge on any atom is 0.303 e. The zero-order valence-electron chi connectivity index (χ0n) is 11.5. The molecule has 0 aliphatic carbocycles. The number of carboxylic acid groups (broad SMARTS) is 1. The van der Waals surface area contributed by atoms with Gasteiger partial charge in [0.15, 0.2) is 0 Å². The average molecular weight is 300 g/mol. The van der Waals surface area contributed by atoms with E-state index in [9.17, 15) is 9.59 Å². The van der Waals surface area contributed by atoms with E-state index in [2.05, 4.69) is 5.32 Å². The van der Waals surface area contributed by atoms with E-state index in [0.717, 1.165) is 5.56 Å². The monoisotopic (exact) mass is 299 g/mol. The highest BCUT2D eigenvalue weighted by atomic mass is 35.5. The molecule has 0 saturated carbocycles. The molecule has 0 radical (unpaired) electrons. The minimum Gasteiger partial charge on any atom is -0.495 e. The van der Waals surface area contributed by atoms with Crippen molar-refractivity contribution in [2.24, 2.45) is 0 Å². The van der Waals surface area contributed by atoms with Crippen molar-refractivity contribution in [2.45, 2.75) is 32.6 Å². The van der Waals surface area contributed by atoms with Crippen LogP contribution in [0.5, 0.6) is 5.75 Å². The number of carbonyl (C=O) groups is 2. The summed E-state index contributed by atoms with van der Waals surface area (Å²) < 4.78 is 5.16. The fourth-order valence-electron chi connectivity index (χ4n) is 1.70. The molecule has 0 aliphatic heterocycles. The van der Waals surface area contributed by atoms with Crippen LogP contribution in [0, 0.1) is 6.92 Å². The van der Waals surface area contributed by atoms with Crippen LogP contribution in [0.2, 0.25) is 5.02 Å². The number of nitrogens with one attached hydrogen (secondary N) is 1. The Balaban J connectivity index is 2.57. The zero-order valence-corrected chi connectivity index (χ0v) is 12.3. The minimum atomic E-state index is -0.847. The van der Waals surface area contributed by atoms with Gasteiger partial charge in [-0.25, -0.2) is 0 Å². The molecule has 0 spiro atoms. The largest absolute Gasteiger partial charge is 0.495 e. The molecule has 6 heteroatoms. The number of aryl methyl sites for hydroxylation is 1. The predicted molar refractivity (Wildman–Crippen MR) is 77.5 cm³/mol. The molecule has 1 aromatic carbocycles. The second-order valence-electron chi connectivity index (χ2n) is 4.45. The Kier molecular flexibility index (Phi) is 6.31. The predicted octanol–water partition coefficient (Wildman–Crippen LogP) is 3.24. The van der Waals surface area contributed by atoms with Crippen LogP contribution >= 0.6 is 11.6 Å². The molecule has 0 aromatic heterocycles. The summed E-state index contributed by atoms with van der Waals surface area (Å²) in [5.41, 5.74) is 1.41. The third-order valence-electron chi connectivity index (χ3n) is 2.80. The molecule has 0 atom stereocenters. The van der Waals surface area contributed by atoms with Gasteiger partial charge in [0, 0.05) is 23.9 Å². The van der Waals surface area contributed by atoms with Gasteiger partial charge in [0.05, 0.1) is 12.8 Å². The van der Waals surface area contributed by atoms with E-state index < -0.39 is 5.97 Å². The molecule has 0 saturated heterocycles. The summed E-state index contributed by atoms with van der Waals surface area (Å²) in [7, 11) is 1.50. The van der Waals surface area contributed by atoms with Gasteiger partial charge in [0.2, 0.25) is 5.91 Å². The van der Waals surface area contributed by atoms with Gasteiger partial charge < -0.3 is 15.2 Å². The van der Waals surface area contributed by atoms with E-state index in [1.165, 1.54) is 7.11 Å². The van der Waals surface area contributed by atoms with Gasteiger partial charge in [-0.15, -0.1) is 0 Å². The summed E-state index contributed by atoms with van der Waals surface area (Å²) in [6.45, 7) is 1.84. The van der Waals surface area contributed by atoms with Crippen LogP contribution in [0.25, 0.3) is 0 Å². The number of carboxylic acids is 1. The summed E-state index contributed by atoms with van der Waals surface area (Å²) >= 11 is 5.98. The van der Waals surface area contributed by atoms with E-state index in [1.54, 1.807) is 12.1 Å². The molecule has 0 heterocycles. The highest BCUT2D eigenvalue weighted by Crippen LogP contribution is 2.31. The Morgan fingerprint density at radius 1 is 1.30 bits per heavy atom. The van der Waals surface area contributed by atoms with Crippen molar-refractivity contribution >= 4 is 29.2 Å². The van der Waals surface area contributed by atoms with Crippen molar-refractivity contribution < 1.29 is 19.4 Å². The molecule has 110 valence electrons. The number of rotatable bonds is 7. The summed E-state index contributed by atoms with van der Waals surface area (Å²) in [6.07, 6.45) is 1.38. The average Bonchev–Trinajstić information content (AvgIpc) is 2.38. The van der Waals surface area contributed by atoms with Crippen LogP contribution in [0.4, 0.5) is 5.69 Å². The van der Waals surface area contributed by atoms with Crippen LogP contribution < -0.4 is 10.1 Å². The number of unbranched alkanes of at least 4 members (excludes halogenated alkanes) is 1. The lowest BCUT2D eigenvalue weighted by Crippen LogP contribution is -2.12. The quantitative estimate of drug-likeness (QED) is 0.758. The topological polar surface area (TPSA) is 75.6 Å². The van der Waals surface area contributed by atoms with Gasteiger partial charge in [-0.2, -0.15) is 0 Å². The van der Waals surface area contributed by atoms with E-state index >= 15 is 0 Å². The zero-order chi connectivity index (χ0) is 15.1. The highest BCUT2D eigenvalue weighted by Gasteiger charge is 2.10. The number of halogens is 1. The lowest BCUT2D eigenvalue weighted by Gasteiger charge is -2.12. The molecule has 1 aromatic rings. The maximum absolute atomic E-state index is 11.8. The second kappa shape index (κ2) is 7.75. The summed E-state index contributed by atoms with van der Waals surface area (Å²) in [5, 5.41) is 11.8. The Morgan fingerprint density at radius 3 is 2.55 bits per heavy atom. The number of hydrogen-bond donors (Lipinski definition) is 2. The molecule has 20 heavy (non-hydrogen) atoms. The molecule has 0 fully saturated rings. The highest BCUT2D eigenvalue weighted by molar-refractivity contribution is 6.31. The van der Waals surface area contributed by atoms with Crippen LogP contribution in [0.1, 0.15) is 31.2 Å². The first-order chi connectivity index (χ1) is 9.43. The smallest absolute Gasteiger partial charge is 0.303 e. The number of aliphatic carboxylic acids is 1. The van der Waals surface area contributed by atoms with Gasteiger partial charge in [-0.3, -0.25) is 9.59 Å². The van der Waals surface area contributed by atoms with Crippen molar-refractivity contribution in [1.82, 2.24) is 0 Å². The van der Waals surface area contributed by atoms with Crippen molar-refractivity contribution in [1.29, 1.82) is 0 Å². The Bertz CT molecular complexity index is 502. The number of methoxy groups -OCH3 is 1. The number of benzene rings is 1. The lowest BCUT2D eigenvalue weighted by molar-refractivity contribution is -0.137. The van der Waals surface area contributed by atoms with Crippen LogP contribution in [0.15, 0.2) is 12.1 Å². The summed E-state index contributed by atoms with van der Waals surface area (Å²) in [6, 6.07) is 3.40. The van der Waals surface area contributed by atoms with Crippen LogP contribution in [-0.4, -0.2) is 24.1 Å². The Labute approximate surface area is 122 Å². The van der Waals surface area contributed by atoms with Crippen molar-refractivity contribution in [2.75, 3.05) is 12.4 Å². The van der Waals surface area contributed by atoms with Gasteiger partial charge in [0.25, 0.3) is 0 Å². The molecule has 0 aliphatic rings. The fourth-order valence-corrected chi connectivity index (χ4v) is 1.86. The number of anilines is 1. The molecular formula is C14H18ClNO4. The summed E-state index contributed by atoms with van der Waals surface area (Å²) in [4.78, 5) is 22.1. The second-order valence-corrected chi connectivity index (χ2v) is 4.86. The molecular weight excluding hydrogens is 282 g/mol. The van der Waals surface area contributed by atoms with Crippen molar-refractivity contribution in [3.63, 3.8) is 0 Å². The van der Waals surface area contributed by atoms with Gasteiger partial charge in [0.1, 0.15) is 5.75 Å². The molecule has 0 bridgehead atoms.